The summed E-state index contributed by atoms with van der Waals surface area (Å²) in [6.07, 6.45) is -4.99. The summed E-state index contributed by atoms with van der Waals surface area (Å²) in [6.45, 7) is 1.23. The minimum Gasteiger partial charge on any atom is -0.409 e. The zero-order valence-electron chi connectivity index (χ0n) is 19.0. The van der Waals surface area contributed by atoms with Gasteiger partial charge in [0.1, 0.15) is 0 Å². The van der Waals surface area contributed by atoms with Crippen molar-refractivity contribution in [1.82, 2.24) is 0 Å². The summed E-state index contributed by atoms with van der Waals surface area (Å²) in [5, 5.41) is 18.7. The zero-order chi connectivity index (χ0) is 27.5. The number of hydrogen-bond donors (Lipinski definition) is 4. The van der Waals surface area contributed by atoms with E-state index in [1.54, 1.807) is 0 Å². The Labute approximate surface area is 209 Å². The molecule has 0 aromatic heterocycles. The van der Waals surface area contributed by atoms with Crippen molar-refractivity contribution in [2.75, 3.05) is 5.32 Å². The lowest BCUT2D eigenvalue weighted by molar-refractivity contribution is -0.136. The van der Waals surface area contributed by atoms with Crippen molar-refractivity contribution in [3.8, 4) is 11.1 Å². The van der Waals surface area contributed by atoms with E-state index >= 15 is 0 Å². The molecule has 0 saturated carbocycles. The van der Waals surface area contributed by atoms with E-state index in [4.69, 9.17) is 16.1 Å². The van der Waals surface area contributed by atoms with E-state index in [9.17, 15) is 30.8 Å². The van der Waals surface area contributed by atoms with Gasteiger partial charge in [0, 0.05) is 11.1 Å². The molecule has 0 radical (unpaired) electrons. The third-order valence-corrected chi connectivity index (χ3v) is 6.27. The van der Waals surface area contributed by atoms with Crippen molar-refractivity contribution in [2.24, 2.45) is 16.0 Å². The molecule has 0 atom stereocenters. The molecule has 194 valence electrons. The van der Waals surface area contributed by atoms with Gasteiger partial charge in [-0.15, -0.1) is 0 Å². The average Bonchev–Trinajstić information content (AvgIpc) is 2.86. The second-order valence-electron chi connectivity index (χ2n) is 7.76. The normalized spacial score (nSPS) is 13.2. The molecule has 8 nitrogen and oxygen atoms in total. The Hall–Kier alpha value is -4.23. The highest BCUT2D eigenvalue weighted by Gasteiger charge is 2.35. The standard InChI is InChI=1S/C24H20F4N4O4S/c1-13(14-5-4-6-16(11-14)22(29)32-34)21(25)23(33)31-19-10-9-15(12-18(19)24(26,27)28)17-7-2-3-8-20(17)37(30,35)36/h2-12,34H,1H3,(H2,29,32)(H,31,33)(H2,30,35,36)/b21-13+. The number of alkyl halides is 3. The van der Waals surface area contributed by atoms with Gasteiger partial charge in [0.05, 0.1) is 16.1 Å². The summed E-state index contributed by atoms with van der Waals surface area (Å²) in [6, 6.07) is 13.5. The molecule has 13 heteroatoms. The summed E-state index contributed by atoms with van der Waals surface area (Å²) in [5.41, 5.74) is 3.39. The Morgan fingerprint density at radius 1 is 1.00 bits per heavy atom. The number of hydrogen-bond acceptors (Lipinski definition) is 5. The van der Waals surface area contributed by atoms with E-state index in [0.29, 0.717) is 6.07 Å². The predicted molar refractivity (Wildman–Crippen MR) is 130 cm³/mol. The Morgan fingerprint density at radius 2 is 1.65 bits per heavy atom. The number of nitrogens with one attached hydrogen (secondary N) is 1. The van der Waals surface area contributed by atoms with Crippen molar-refractivity contribution in [3.63, 3.8) is 0 Å². The third-order valence-electron chi connectivity index (χ3n) is 5.31. The molecule has 0 fully saturated rings. The van der Waals surface area contributed by atoms with Crippen LogP contribution in [0.15, 0.2) is 82.6 Å². The maximum Gasteiger partial charge on any atom is 0.418 e. The number of carbonyl (C=O) groups is 1. The van der Waals surface area contributed by atoms with Crippen LogP contribution in [0, 0.1) is 0 Å². The number of amidine groups is 1. The molecular formula is C24H20F4N4O4S. The highest BCUT2D eigenvalue weighted by atomic mass is 32.2. The van der Waals surface area contributed by atoms with Crippen molar-refractivity contribution in [2.45, 2.75) is 18.0 Å². The van der Waals surface area contributed by atoms with Crippen LogP contribution in [0.5, 0.6) is 0 Å². The number of nitrogens with two attached hydrogens (primary N) is 2. The van der Waals surface area contributed by atoms with Gasteiger partial charge in [0.15, 0.2) is 11.7 Å². The van der Waals surface area contributed by atoms with Gasteiger partial charge in [-0.05, 0) is 47.9 Å². The second-order valence-corrected chi connectivity index (χ2v) is 9.29. The van der Waals surface area contributed by atoms with E-state index in [2.05, 4.69) is 5.16 Å². The van der Waals surface area contributed by atoms with Gasteiger partial charge in [0.25, 0.3) is 5.91 Å². The van der Waals surface area contributed by atoms with Gasteiger partial charge in [0.2, 0.25) is 10.0 Å². The number of sulfonamides is 1. The predicted octanol–water partition coefficient (Wildman–Crippen LogP) is 4.45. The first kappa shape index (κ1) is 27.4. The number of nitrogens with zero attached hydrogens (tertiary/aromatic N) is 1. The molecule has 0 aliphatic carbocycles. The Morgan fingerprint density at radius 3 is 2.27 bits per heavy atom. The van der Waals surface area contributed by atoms with Crippen molar-refractivity contribution >= 4 is 33.0 Å². The molecular weight excluding hydrogens is 516 g/mol. The topological polar surface area (TPSA) is 148 Å². The molecule has 6 N–H and O–H groups in total. The van der Waals surface area contributed by atoms with Gasteiger partial charge in [-0.1, -0.05) is 47.6 Å². The second kappa shape index (κ2) is 10.4. The van der Waals surface area contributed by atoms with Crippen LogP contribution in [0.2, 0.25) is 0 Å². The molecule has 3 aromatic carbocycles. The molecule has 0 aliphatic heterocycles. The number of halogens is 4. The van der Waals surface area contributed by atoms with Gasteiger partial charge >= 0.3 is 6.18 Å². The highest BCUT2D eigenvalue weighted by Crippen LogP contribution is 2.39. The Balaban J connectivity index is 2.02. The van der Waals surface area contributed by atoms with Crippen LogP contribution >= 0.6 is 0 Å². The monoisotopic (exact) mass is 536 g/mol. The van der Waals surface area contributed by atoms with Gasteiger partial charge < -0.3 is 16.3 Å². The number of benzene rings is 3. The molecule has 3 rings (SSSR count). The fraction of sp³-hybridized carbons (Fsp3) is 0.0833. The van der Waals surface area contributed by atoms with E-state index in [1.807, 2.05) is 5.32 Å². The van der Waals surface area contributed by atoms with Crippen molar-refractivity contribution in [3.05, 3.63) is 89.2 Å². The number of primary sulfonamides is 1. The van der Waals surface area contributed by atoms with Gasteiger partial charge in [-0.2, -0.15) is 13.2 Å². The molecule has 1 amide bonds. The SMILES string of the molecule is C/C(=C(\F)C(=O)Nc1ccc(-c2ccccc2S(N)(=O)=O)cc1C(F)(F)F)c1cccc(/C(N)=N\O)c1. The van der Waals surface area contributed by atoms with Crippen LogP contribution < -0.4 is 16.2 Å². The molecule has 0 heterocycles. The van der Waals surface area contributed by atoms with Crippen molar-refractivity contribution in [1.29, 1.82) is 0 Å². The maximum atomic E-state index is 14.9. The lowest BCUT2D eigenvalue weighted by Gasteiger charge is -2.16. The number of amides is 1. The number of oxime groups is 1. The van der Waals surface area contributed by atoms with Crippen LogP contribution in [0.1, 0.15) is 23.6 Å². The number of rotatable bonds is 6. The number of anilines is 1. The fourth-order valence-corrected chi connectivity index (χ4v) is 4.21. The average molecular weight is 537 g/mol. The fourth-order valence-electron chi connectivity index (χ4n) is 3.45. The lowest BCUT2D eigenvalue weighted by Crippen LogP contribution is -2.18. The molecule has 3 aromatic rings. The number of carbonyl (C=O) groups excluding carboxylic acids is 1. The third kappa shape index (κ3) is 6.13. The van der Waals surface area contributed by atoms with Gasteiger partial charge in [-0.3, -0.25) is 4.79 Å². The minimum absolute atomic E-state index is 0.0825. The Kier molecular flexibility index (Phi) is 7.69. The summed E-state index contributed by atoms with van der Waals surface area (Å²) >= 11 is 0. The summed E-state index contributed by atoms with van der Waals surface area (Å²) < 4.78 is 80.3. The number of allylic oxidation sites excluding steroid dienone is 1. The van der Waals surface area contributed by atoms with Crippen LogP contribution in [0.3, 0.4) is 0 Å². The highest BCUT2D eigenvalue weighted by molar-refractivity contribution is 7.89. The molecule has 37 heavy (non-hydrogen) atoms. The van der Waals surface area contributed by atoms with Crippen LogP contribution in [-0.4, -0.2) is 25.4 Å². The molecule has 0 unspecified atom stereocenters. The van der Waals surface area contributed by atoms with E-state index in [0.717, 1.165) is 18.2 Å². The zero-order valence-corrected chi connectivity index (χ0v) is 19.9. The van der Waals surface area contributed by atoms with Crippen molar-refractivity contribution < 1.29 is 36.0 Å². The van der Waals surface area contributed by atoms with Crippen LogP contribution in [-0.2, 0) is 21.0 Å². The summed E-state index contributed by atoms with van der Waals surface area (Å²) in [7, 11) is -4.25. The minimum atomic E-state index is -4.99. The maximum absolute atomic E-state index is 14.9. The largest absolute Gasteiger partial charge is 0.418 e. The molecule has 0 aliphatic rings. The van der Waals surface area contributed by atoms with E-state index in [-0.39, 0.29) is 33.7 Å². The molecule has 0 saturated heterocycles. The smallest absolute Gasteiger partial charge is 0.409 e. The first-order valence-corrected chi connectivity index (χ1v) is 11.9. The molecule has 0 bridgehead atoms. The molecule has 0 spiro atoms. The quantitative estimate of drug-likeness (QED) is 0.0917. The van der Waals surface area contributed by atoms with E-state index < -0.39 is 44.1 Å². The summed E-state index contributed by atoms with van der Waals surface area (Å²) in [4.78, 5) is 12.1. The summed E-state index contributed by atoms with van der Waals surface area (Å²) in [5.74, 6) is -3.08. The Bertz CT molecular complexity index is 1530. The first-order chi connectivity index (χ1) is 17.2. The van der Waals surface area contributed by atoms with Gasteiger partial charge in [-0.25, -0.2) is 17.9 Å². The van der Waals surface area contributed by atoms with E-state index in [1.165, 1.54) is 49.4 Å². The van der Waals surface area contributed by atoms with Crippen LogP contribution in [0.4, 0.5) is 23.2 Å². The van der Waals surface area contributed by atoms with Crippen LogP contribution in [0.25, 0.3) is 16.7 Å². The first-order valence-electron chi connectivity index (χ1n) is 10.3. The lowest BCUT2D eigenvalue weighted by atomic mass is 10.0.